The SMILES string of the molecule is CC(C)CC(N)C(=O)NS(=O)c1cccc(-c2ccccn2)c1.CC(C)CC(N)C(=O)NS(=O)c1cccc(-c2cccnc2)c1.CC(C)CC(N)C(=O)NS(=O)c1cccc(-c2ccncc2)c1.CC(C)CC(N)C(=O)NS(=O)c1cccc(-c2ccncn2)c1.CC(C)CC(N)C(=O)NS(=O)c1cccc(OC(F)(F)F)c1.CC(C)CC(N)C(=O)NS(=O)c1cccc(Oc2ccccc2)c1. The minimum absolute atomic E-state index is 0.0214. The Morgan fingerprint density at radius 3 is 0.913 bits per heavy atom. The molecule has 740 valence electrons. The fourth-order valence-electron chi connectivity index (χ4n) is 12.3. The Balaban J connectivity index is 0.000000254. The van der Waals surface area contributed by atoms with E-state index in [1.54, 1.807) is 134 Å². The smallest absolute Gasteiger partial charge is 0.457 e. The van der Waals surface area contributed by atoms with E-state index in [0.29, 0.717) is 104 Å². The molecule has 0 aliphatic heterocycles. The topological polar surface area (TPSA) is 516 Å². The molecular formula is C98H122F3N17O14S6. The molecule has 0 aliphatic rings. The lowest BCUT2D eigenvalue weighted by molar-refractivity contribution is -0.274. The van der Waals surface area contributed by atoms with Crippen molar-refractivity contribution in [3.05, 3.63) is 268 Å². The van der Waals surface area contributed by atoms with E-state index in [1.165, 1.54) is 18.5 Å². The Bertz CT molecular complexity index is 5360. The quantitative estimate of drug-likeness (QED) is 0.0172. The molecule has 6 amide bonds. The van der Waals surface area contributed by atoms with Crippen LogP contribution in [0.25, 0.3) is 44.8 Å². The second-order valence-electron chi connectivity index (χ2n) is 33.6. The zero-order valence-corrected chi connectivity index (χ0v) is 83.5. The standard InChI is InChI=1S/C18H22N2O3S.3C17H21N3O2S.C16H20N4O2S.C13H17F3N2O3S/c1-13(2)11-17(19)18(21)20-24(22)16-10-6-9-15(12-16)23-14-7-4-3-5-8-14;1-12(2)9-16(18)17(21)20-23(22)15-7-3-5-13(10-15)14-6-4-8-19-11-14;1-12(2)10-15(18)17(21)20-23(22)14-7-5-6-13(11-14)16-8-3-4-9-19-16;1-12(2)10-16(18)17(21)20-23(22)15-5-3-4-14(11-15)13-6-8-19-9-7-13;1-11(2)8-14(17)16(21)20-23(22)13-5-3-4-12(9-13)15-6-7-18-10-19-15;1-8(2)6-11(17)12(19)18-22(20)10-5-3-4-9(7-10)21-13(14,15)16/h3-10,12-13,17H,11,19H2,1-2H3,(H,20,21);3-8,10-12,16H,9,18H2,1-2H3,(H,20,21);3-9,11-12,15H,10,18H2,1-2H3,(H,20,21);3-9,11-12,16H,10,18H2,1-2H3,(H,20,21);3-7,9-11,14H,8,17H2,1-2H3,(H,20,21);3-5,7-8,11H,6,17H2,1-2H3,(H,18,19). The molecule has 31 nitrogen and oxygen atoms in total. The van der Waals surface area contributed by atoms with Crippen LogP contribution in [0.4, 0.5) is 13.2 Å². The van der Waals surface area contributed by atoms with E-state index in [2.05, 4.69) is 58.0 Å². The summed E-state index contributed by atoms with van der Waals surface area (Å²) in [7, 11) is -10.2. The van der Waals surface area contributed by atoms with E-state index in [0.717, 1.165) is 56.9 Å². The molecule has 0 saturated heterocycles. The largest absolute Gasteiger partial charge is 0.573 e. The Morgan fingerprint density at radius 1 is 0.290 bits per heavy atom. The van der Waals surface area contributed by atoms with Crippen molar-refractivity contribution in [1.82, 2.24) is 53.3 Å². The van der Waals surface area contributed by atoms with Gasteiger partial charge in [0.2, 0.25) is 35.4 Å². The van der Waals surface area contributed by atoms with Crippen molar-refractivity contribution in [1.29, 1.82) is 0 Å². The van der Waals surface area contributed by atoms with E-state index in [9.17, 15) is 67.2 Å². The molecule has 12 unspecified atom stereocenters. The van der Waals surface area contributed by atoms with Crippen molar-refractivity contribution >= 4 is 101 Å². The highest BCUT2D eigenvalue weighted by molar-refractivity contribution is 7.85. The first-order valence-electron chi connectivity index (χ1n) is 43.9. The van der Waals surface area contributed by atoms with Crippen LogP contribution in [0.15, 0.2) is 297 Å². The summed E-state index contributed by atoms with van der Waals surface area (Å²) in [5.41, 5.74) is 41.5. The first kappa shape index (κ1) is 115. The van der Waals surface area contributed by atoms with E-state index in [4.69, 9.17) is 39.1 Å². The van der Waals surface area contributed by atoms with Crippen molar-refractivity contribution in [3.8, 4) is 62.0 Å². The predicted molar refractivity (Wildman–Crippen MR) is 534 cm³/mol. The van der Waals surface area contributed by atoms with Gasteiger partial charge in [-0.15, -0.1) is 13.2 Å². The number of carbonyl (C=O) groups is 6. The highest BCUT2D eigenvalue weighted by Gasteiger charge is 2.32. The minimum atomic E-state index is -4.84. The van der Waals surface area contributed by atoms with Gasteiger partial charge in [0.05, 0.1) is 77.0 Å². The van der Waals surface area contributed by atoms with Crippen molar-refractivity contribution in [2.24, 2.45) is 69.9 Å². The van der Waals surface area contributed by atoms with Crippen LogP contribution >= 0.6 is 0 Å². The molecule has 0 fully saturated rings. The summed E-state index contributed by atoms with van der Waals surface area (Å²) >= 11 is 0. The van der Waals surface area contributed by atoms with Gasteiger partial charge in [0.25, 0.3) is 0 Å². The van der Waals surface area contributed by atoms with Gasteiger partial charge in [0, 0.05) is 53.9 Å². The first-order chi connectivity index (χ1) is 65.4. The predicted octanol–water partition coefficient (Wildman–Crippen LogP) is 13.5. The van der Waals surface area contributed by atoms with Crippen molar-refractivity contribution in [2.45, 2.75) is 194 Å². The van der Waals surface area contributed by atoms with Gasteiger partial charge in [0.1, 0.15) is 23.6 Å². The number of halogens is 3. The van der Waals surface area contributed by atoms with Crippen LogP contribution < -0.4 is 72.2 Å². The molecule has 18 N–H and O–H groups in total. The molecule has 0 saturated carbocycles. The van der Waals surface area contributed by atoms with Gasteiger partial charge in [-0.2, -0.15) is 0 Å². The summed E-state index contributed by atoms with van der Waals surface area (Å²) in [6, 6.07) is 60.0. The van der Waals surface area contributed by atoms with E-state index < -0.39 is 150 Å². The molecular weight excluding hydrogens is 1890 g/mol. The van der Waals surface area contributed by atoms with Crippen LogP contribution in [0.2, 0.25) is 0 Å². The third-order valence-electron chi connectivity index (χ3n) is 18.8. The summed E-state index contributed by atoms with van der Waals surface area (Å²) in [5, 5.41) is 0. The average molecular weight is 2010 g/mol. The molecule has 4 aromatic heterocycles. The first-order valence-corrected chi connectivity index (χ1v) is 50.8. The monoisotopic (exact) mass is 2010 g/mol. The molecule has 0 radical (unpaired) electrons. The van der Waals surface area contributed by atoms with Crippen LogP contribution in [0, 0.1) is 35.5 Å². The number of aromatic nitrogens is 5. The number of benzene rings is 7. The lowest BCUT2D eigenvalue weighted by Crippen LogP contribution is -2.42. The summed E-state index contributed by atoms with van der Waals surface area (Å²) in [5.74, 6) is -0.264. The normalized spacial score (nSPS) is 13.7. The zero-order valence-electron chi connectivity index (χ0n) is 78.6. The van der Waals surface area contributed by atoms with Crippen LogP contribution in [0.3, 0.4) is 0 Å². The zero-order chi connectivity index (χ0) is 102. The number of nitrogens with two attached hydrogens (primary N) is 6. The van der Waals surface area contributed by atoms with Crippen molar-refractivity contribution < 1.29 is 76.7 Å². The summed E-state index contributed by atoms with van der Waals surface area (Å²) in [6.07, 6.45) is 9.93. The van der Waals surface area contributed by atoms with Gasteiger partial charge in [-0.3, -0.25) is 72.1 Å². The number of nitrogens with zero attached hydrogens (tertiary/aromatic N) is 5. The Labute approximate surface area is 819 Å². The number of alkyl halides is 3. The number of carbonyl (C=O) groups excluding carboxylic acids is 6. The van der Waals surface area contributed by atoms with E-state index in [-0.39, 0.29) is 10.8 Å². The van der Waals surface area contributed by atoms with E-state index >= 15 is 0 Å². The summed E-state index contributed by atoms with van der Waals surface area (Å²) in [6.45, 7) is 23.6. The van der Waals surface area contributed by atoms with Gasteiger partial charge in [-0.25, -0.2) is 35.2 Å². The lowest BCUT2D eigenvalue weighted by Gasteiger charge is -2.14. The van der Waals surface area contributed by atoms with Gasteiger partial charge in [0.15, 0.2) is 65.9 Å². The number of rotatable bonds is 37. The van der Waals surface area contributed by atoms with Crippen LogP contribution in [-0.4, -0.2) is 128 Å². The third kappa shape index (κ3) is 42.9. The fourth-order valence-corrected chi connectivity index (χ4v) is 17.6. The number of ether oxygens (including phenoxy) is 2. The molecule has 0 aliphatic carbocycles. The Hall–Kier alpha value is -12.1. The van der Waals surface area contributed by atoms with Gasteiger partial charge in [-0.05, 0) is 224 Å². The number of pyridine rings is 3. The maximum absolute atomic E-state index is 12.3. The lowest BCUT2D eigenvalue weighted by atomic mass is 10.0. The van der Waals surface area contributed by atoms with Gasteiger partial charge >= 0.3 is 6.36 Å². The Kier molecular flexibility index (Phi) is 49.3. The molecule has 11 rings (SSSR count). The van der Waals surface area contributed by atoms with Crippen LogP contribution in [0.1, 0.15) is 122 Å². The van der Waals surface area contributed by atoms with E-state index in [1.807, 2.05) is 186 Å². The highest BCUT2D eigenvalue weighted by atomic mass is 32.2. The van der Waals surface area contributed by atoms with Crippen molar-refractivity contribution in [3.63, 3.8) is 0 Å². The summed E-state index contributed by atoms with van der Waals surface area (Å²) in [4.78, 5) is 94.4. The molecule has 11 aromatic rings. The second-order valence-corrected chi connectivity index (χ2v) is 40.9. The number of hydrogen-bond donors (Lipinski definition) is 12. The van der Waals surface area contributed by atoms with Gasteiger partial charge < -0.3 is 43.9 Å². The Morgan fingerprint density at radius 2 is 0.587 bits per heavy atom. The second kappa shape index (κ2) is 59.3. The van der Waals surface area contributed by atoms with Crippen LogP contribution in [-0.2, 0) is 94.7 Å². The maximum atomic E-state index is 12.3. The molecule has 7 aromatic carbocycles. The number of para-hydroxylation sites is 1. The molecule has 0 bridgehead atoms. The maximum Gasteiger partial charge on any atom is 0.573 e. The van der Waals surface area contributed by atoms with Crippen molar-refractivity contribution in [2.75, 3.05) is 0 Å². The molecule has 12 atom stereocenters. The third-order valence-corrected chi connectivity index (χ3v) is 25.2. The molecule has 4 heterocycles. The van der Waals surface area contributed by atoms with Crippen LogP contribution in [0.5, 0.6) is 17.2 Å². The number of hydrogen-bond acceptors (Lipinski definition) is 25. The molecule has 0 spiro atoms. The minimum Gasteiger partial charge on any atom is -0.457 e. The fraction of sp³-hybridized carbons (Fsp3) is 0.316. The number of nitrogens with one attached hydrogen (secondary N) is 6. The highest BCUT2D eigenvalue weighted by Crippen LogP contribution is 2.29. The molecule has 40 heteroatoms. The number of amides is 6. The summed E-state index contributed by atoms with van der Waals surface area (Å²) < 4.78 is 134. The van der Waals surface area contributed by atoms with Gasteiger partial charge in [-0.1, -0.05) is 174 Å². The molecule has 138 heavy (non-hydrogen) atoms. The average Bonchev–Trinajstić information content (AvgIpc) is 1.02.